The van der Waals surface area contributed by atoms with Crippen molar-refractivity contribution in [1.29, 1.82) is 0 Å². The fourth-order valence-corrected chi connectivity index (χ4v) is 3.02. The highest BCUT2D eigenvalue weighted by Gasteiger charge is 2.14. The summed E-state index contributed by atoms with van der Waals surface area (Å²) in [6.45, 7) is 1.84. The van der Waals surface area contributed by atoms with Gasteiger partial charge in [0.25, 0.3) is 5.56 Å². The number of hydrogen-bond donors (Lipinski definition) is 2. The maximum Gasteiger partial charge on any atom is 0.263 e. The van der Waals surface area contributed by atoms with Crippen LogP contribution in [0.3, 0.4) is 0 Å². The Morgan fingerprint density at radius 1 is 1.25 bits per heavy atom. The highest BCUT2D eigenvalue weighted by molar-refractivity contribution is 9.11. The molecule has 0 aliphatic rings. The number of H-pyrrole nitrogens is 1. The summed E-state index contributed by atoms with van der Waals surface area (Å²) in [7, 11) is 0. The predicted octanol–water partition coefficient (Wildman–Crippen LogP) is 3.83. The van der Waals surface area contributed by atoms with Crippen molar-refractivity contribution in [3.63, 3.8) is 0 Å². The van der Waals surface area contributed by atoms with E-state index in [4.69, 9.17) is 0 Å². The van der Waals surface area contributed by atoms with Crippen molar-refractivity contribution < 1.29 is 5.11 Å². The maximum atomic E-state index is 11.6. The molecule has 0 saturated heterocycles. The van der Waals surface area contributed by atoms with E-state index in [1.807, 2.05) is 6.92 Å². The van der Waals surface area contributed by atoms with E-state index < -0.39 is 0 Å². The van der Waals surface area contributed by atoms with Crippen molar-refractivity contribution in [3.05, 3.63) is 35.4 Å². The van der Waals surface area contributed by atoms with Gasteiger partial charge in [0.05, 0.1) is 18.9 Å². The summed E-state index contributed by atoms with van der Waals surface area (Å²) in [5.74, 6) is 0.0740. The Morgan fingerprint density at radius 2 is 1.88 bits per heavy atom. The smallest absolute Gasteiger partial charge is 0.263 e. The van der Waals surface area contributed by atoms with Gasteiger partial charge in [-0.1, -0.05) is 0 Å². The van der Waals surface area contributed by atoms with Crippen LogP contribution >= 0.6 is 47.8 Å². The first-order chi connectivity index (χ1) is 7.43. The first kappa shape index (κ1) is 12.1. The third kappa shape index (κ3) is 1.72. The van der Waals surface area contributed by atoms with E-state index >= 15 is 0 Å². The van der Waals surface area contributed by atoms with Gasteiger partial charge in [-0.3, -0.25) is 4.79 Å². The van der Waals surface area contributed by atoms with E-state index in [2.05, 4.69) is 52.8 Å². The van der Waals surface area contributed by atoms with Gasteiger partial charge in [-0.2, -0.15) is 0 Å². The van der Waals surface area contributed by atoms with E-state index in [1.54, 1.807) is 6.07 Å². The van der Waals surface area contributed by atoms with Gasteiger partial charge in [0.15, 0.2) is 0 Å². The average Bonchev–Trinajstić information content (AvgIpc) is 2.25. The van der Waals surface area contributed by atoms with Crippen molar-refractivity contribution in [3.8, 4) is 5.75 Å². The van der Waals surface area contributed by atoms with Gasteiger partial charge >= 0.3 is 0 Å². The Bertz CT molecular complexity index is 649. The molecule has 2 rings (SSSR count). The maximum absolute atomic E-state index is 11.6. The molecule has 0 amide bonds. The first-order valence-corrected chi connectivity index (χ1v) is 6.70. The van der Waals surface area contributed by atoms with Crippen LogP contribution in [0.1, 0.15) is 5.56 Å². The highest BCUT2D eigenvalue weighted by Crippen LogP contribution is 2.38. The van der Waals surface area contributed by atoms with Crippen LogP contribution in [-0.2, 0) is 0 Å². The summed E-state index contributed by atoms with van der Waals surface area (Å²) in [4.78, 5) is 14.3. The first-order valence-electron chi connectivity index (χ1n) is 4.32. The van der Waals surface area contributed by atoms with E-state index in [9.17, 15) is 9.90 Å². The molecular formula is C10H6Br3NO2. The molecule has 0 atom stereocenters. The second-order valence-corrected chi connectivity index (χ2v) is 5.78. The van der Waals surface area contributed by atoms with Crippen molar-refractivity contribution in [2.75, 3.05) is 0 Å². The number of aromatic nitrogens is 1. The minimum Gasteiger partial charge on any atom is -0.505 e. The number of nitrogens with one attached hydrogen (secondary N) is 1. The van der Waals surface area contributed by atoms with Gasteiger partial charge in [0.1, 0.15) is 5.75 Å². The second-order valence-electron chi connectivity index (χ2n) is 3.34. The quantitative estimate of drug-likeness (QED) is 0.692. The molecule has 2 aromatic rings. The van der Waals surface area contributed by atoms with E-state index in [1.165, 1.54) is 0 Å². The zero-order valence-corrected chi connectivity index (χ0v) is 12.8. The fraction of sp³-hybridized carbons (Fsp3) is 0.100. The van der Waals surface area contributed by atoms with Gasteiger partial charge in [-0.25, -0.2) is 0 Å². The zero-order valence-electron chi connectivity index (χ0n) is 8.07. The Labute approximate surface area is 116 Å². The molecule has 1 aromatic heterocycles. The fourth-order valence-electron chi connectivity index (χ4n) is 1.48. The van der Waals surface area contributed by atoms with Crippen molar-refractivity contribution in [2.45, 2.75) is 6.92 Å². The molecule has 2 N–H and O–H groups in total. The van der Waals surface area contributed by atoms with Crippen LogP contribution in [0.25, 0.3) is 10.9 Å². The molecule has 0 radical (unpaired) electrons. The highest BCUT2D eigenvalue weighted by atomic mass is 79.9. The van der Waals surface area contributed by atoms with Crippen LogP contribution in [0.5, 0.6) is 5.75 Å². The lowest BCUT2D eigenvalue weighted by Gasteiger charge is -2.08. The van der Waals surface area contributed by atoms with Crippen LogP contribution in [-0.4, -0.2) is 10.1 Å². The van der Waals surface area contributed by atoms with Gasteiger partial charge in [-0.05, 0) is 66.3 Å². The molecule has 0 saturated carbocycles. The number of aromatic amines is 1. The van der Waals surface area contributed by atoms with Gasteiger partial charge < -0.3 is 10.1 Å². The number of rotatable bonds is 0. The number of pyridine rings is 1. The van der Waals surface area contributed by atoms with Crippen LogP contribution in [0.15, 0.2) is 24.3 Å². The van der Waals surface area contributed by atoms with Gasteiger partial charge in [-0.15, -0.1) is 0 Å². The van der Waals surface area contributed by atoms with Crippen LogP contribution < -0.4 is 5.56 Å². The minimum atomic E-state index is -0.215. The molecule has 0 fully saturated rings. The summed E-state index contributed by atoms with van der Waals surface area (Å²) >= 11 is 9.75. The molecule has 1 heterocycles. The molecule has 1 aromatic carbocycles. The predicted molar refractivity (Wildman–Crippen MR) is 74.1 cm³/mol. The van der Waals surface area contributed by atoms with E-state index in [-0.39, 0.29) is 11.3 Å². The third-order valence-corrected chi connectivity index (χ3v) is 4.70. The number of aromatic hydroxyl groups is 1. The monoisotopic (exact) mass is 409 g/mol. The number of phenols is 1. The number of benzene rings is 1. The molecule has 0 aliphatic carbocycles. The Balaban J connectivity index is 3.08. The second kappa shape index (κ2) is 4.16. The lowest BCUT2D eigenvalue weighted by molar-refractivity contribution is 0.469. The molecule has 16 heavy (non-hydrogen) atoms. The normalized spacial score (nSPS) is 11.0. The molecule has 84 valence electrons. The van der Waals surface area contributed by atoms with E-state index in [0.717, 1.165) is 10.9 Å². The summed E-state index contributed by atoms with van der Waals surface area (Å²) in [5, 5.41) is 10.6. The molecule has 0 bridgehead atoms. The molecule has 0 spiro atoms. The number of halogens is 3. The number of phenolic OH excluding ortho intramolecular Hbond substituents is 1. The standard InChI is InChI=1S/C10H6Br3NO2/c1-3-4-2-5(11)9(15)7(13)8(4)14-10(16)6(3)12/h2,15H,1H3,(H,14,16). The number of aryl methyl sites for hydroxylation is 1. The average molecular weight is 412 g/mol. The Kier molecular flexibility index (Phi) is 3.16. The third-order valence-electron chi connectivity index (χ3n) is 2.37. The molecule has 0 aliphatic heterocycles. The van der Waals surface area contributed by atoms with Crippen molar-refractivity contribution in [2.24, 2.45) is 0 Å². The van der Waals surface area contributed by atoms with E-state index in [0.29, 0.717) is 18.9 Å². The van der Waals surface area contributed by atoms with Crippen molar-refractivity contribution in [1.82, 2.24) is 4.98 Å². The molecule has 6 heteroatoms. The number of hydrogen-bond acceptors (Lipinski definition) is 2. The lowest BCUT2D eigenvalue weighted by Crippen LogP contribution is -2.08. The van der Waals surface area contributed by atoms with Crippen molar-refractivity contribution >= 4 is 58.7 Å². The number of fused-ring (bicyclic) bond motifs is 1. The zero-order chi connectivity index (χ0) is 12.0. The Hall–Kier alpha value is -0.330. The summed E-state index contributed by atoms with van der Waals surface area (Å²) in [6.07, 6.45) is 0. The Morgan fingerprint density at radius 3 is 2.50 bits per heavy atom. The molecular weight excluding hydrogens is 406 g/mol. The lowest BCUT2D eigenvalue weighted by atomic mass is 10.1. The summed E-state index contributed by atoms with van der Waals surface area (Å²) < 4.78 is 1.56. The largest absolute Gasteiger partial charge is 0.505 e. The molecule has 3 nitrogen and oxygen atoms in total. The van der Waals surface area contributed by atoms with Crippen LogP contribution in [0.2, 0.25) is 0 Å². The summed E-state index contributed by atoms with van der Waals surface area (Å²) in [5.41, 5.74) is 1.21. The van der Waals surface area contributed by atoms with Crippen LogP contribution in [0.4, 0.5) is 0 Å². The molecule has 0 unspecified atom stereocenters. The SMILES string of the molecule is Cc1c(Br)c(=O)[nH]c2c(Br)c(O)c(Br)cc12. The van der Waals surface area contributed by atoms with Crippen LogP contribution in [0, 0.1) is 6.92 Å². The minimum absolute atomic E-state index is 0.0740. The summed E-state index contributed by atoms with van der Waals surface area (Å²) in [6, 6.07) is 1.77. The topological polar surface area (TPSA) is 53.1 Å². The van der Waals surface area contributed by atoms with Gasteiger partial charge in [0, 0.05) is 5.39 Å². The van der Waals surface area contributed by atoms with Gasteiger partial charge in [0.2, 0.25) is 0 Å².